The number of hydrogen-bond acceptors (Lipinski definition) is 5. The van der Waals surface area contributed by atoms with E-state index >= 15 is 0 Å². The van der Waals surface area contributed by atoms with Crippen molar-refractivity contribution in [3.05, 3.63) is 60.0 Å². The van der Waals surface area contributed by atoms with E-state index in [0.717, 1.165) is 42.9 Å². The third-order valence-corrected chi connectivity index (χ3v) is 6.87. The van der Waals surface area contributed by atoms with Gasteiger partial charge in [0.25, 0.3) is 5.91 Å². The fraction of sp³-hybridized carbons (Fsp3) is 0.481. The summed E-state index contributed by atoms with van der Waals surface area (Å²) < 4.78 is 6.00. The first-order chi connectivity index (χ1) is 15.8. The van der Waals surface area contributed by atoms with Gasteiger partial charge in [-0.25, -0.2) is 0 Å². The Hall–Kier alpha value is -2.57. The van der Waals surface area contributed by atoms with E-state index in [4.69, 9.17) is 11.7 Å². The molecule has 0 bridgehead atoms. The minimum absolute atomic E-state index is 0.0510. The Morgan fingerprint density at radius 1 is 1.12 bits per heavy atom. The number of likely N-dealkylation sites (tertiary alicyclic amines) is 1. The number of rotatable bonds is 7. The molecule has 5 rings (SSSR count). The van der Waals surface area contributed by atoms with Crippen LogP contribution in [0.25, 0.3) is 0 Å². The van der Waals surface area contributed by atoms with Crippen molar-refractivity contribution in [1.29, 1.82) is 0 Å². The van der Waals surface area contributed by atoms with Crippen molar-refractivity contribution >= 4 is 17.3 Å². The number of aryl methyl sites for hydroxylation is 1. The Morgan fingerprint density at radius 2 is 1.88 bits per heavy atom. The molecule has 2 aliphatic heterocycles. The van der Waals surface area contributed by atoms with Gasteiger partial charge in [0.15, 0.2) is 0 Å². The number of nitrogens with zero attached hydrogens (tertiary/aromatic N) is 3. The molecule has 2 heterocycles. The van der Waals surface area contributed by atoms with Gasteiger partial charge >= 0.3 is 0 Å². The van der Waals surface area contributed by atoms with Crippen molar-refractivity contribution in [3.8, 4) is 5.75 Å². The minimum Gasteiger partial charge on any atom is -0.491 e. The Balaban J connectivity index is 1.39. The molecule has 1 saturated carbocycles. The van der Waals surface area contributed by atoms with Gasteiger partial charge in [-0.2, -0.15) is 0 Å². The van der Waals surface area contributed by atoms with E-state index < -0.39 is 5.60 Å². The largest absolute Gasteiger partial charge is 0.491 e. The van der Waals surface area contributed by atoms with Gasteiger partial charge in [-0.3, -0.25) is 9.69 Å². The smallest absolute Gasteiger partial charge is 0.262 e. The van der Waals surface area contributed by atoms with Crippen molar-refractivity contribution in [1.82, 2.24) is 4.90 Å². The summed E-state index contributed by atoms with van der Waals surface area (Å²) in [6.07, 6.45) is 4.64. The van der Waals surface area contributed by atoms with Gasteiger partial charge in [0, 0.05) is 18.3 Å². The number of carbonyl (C=O) groups is 1. The summed E-state index contributed by atoms with van der Waals surface area (Å²) in [6, 6.07) is 11.9. The highest BCUT2D eigenvalue weighted by atomic mass is 16.5. The Kier molecular flexibility index (Phi) is 5.83. The predicted octanol–water partition coefficient (Wildman–Crippen LogP) is 3.87. The molecule has 174 valence electrons. The predicted molar refractivity (Wildman–Crippen MR) is 130 cm³/mol. The zero-order valence-corrected chi connectivity index (χ0v) is 19.6. The number of aliphatic hydroxyl groups is 1. The number of anilines is 2. The summed E-state index contributed by atoms with van der Waals surface area (Å²) in [6.45, 7) is 13.2. The summed E-state index contributed by atoms with van der Waals surface area (Å²) in [7, 11) is 0. The number of amides is 1. The molecule has 0 aromatic heterocycles. The molecule has 1 atom stereocenters. The normalized spacial score (nSPS) is 20.7. The number of β-amino-alcohol motifs (C(OH)–C–C–N with tert-alkyl or cyclic N) is 1. The van der Waals surface area contributed by atoms with E-state index in [1.807, 2.05) is 55.1 Å². The lowest BCUT2D eigenvalue weighted by Gasteiger charge is -2.39. The lowest BCUT2D eigenvalue weighted by Crippen LogP contribution is -2.48. The number of ether oxygens (including phenoxy) is 1. The molecule has 1 aliphatic carbocycles. The van der Waals surface area contributed by atoms with Crippen molar-refractivity contribution in [3.63, 3.8) is 0 Å². The van der Waals surface area contributed by atoms with Crippen LogP contribution < -0.4 is 14.5 Å². The molecular formula is C27H33N3O3. The average Bonchev–Trinajstić information content (AvgIpc) is 3.51. The molecule has 2 radical (unpaired) electrons. The van der Waals surface area contributed by atoms with Crippen LogP contribution in [0.4, 0.5) is 11.4 Å². The average molecular weight is 448 g/mol. The van der Waals surface area contributed by atoms with Gasteiger partial charge in [-0.1, -0.05) is 12.1 Å². The summed E-state index contributed by atoms with van der Waals surface area (Å²) >= 11 is 0. The van der Waals surface area contributed by atoms with E-state index in [9.17, 15) is 9.90 Å². The monoisotopic (exact) mass is 447 g/mol. The molecule has 1 saturated heterocycles. The number of hydrogen-bond donors (Lipinski definition) is 1. The standard InChI is InChI=1S/C27H33N3O3/c1-19-6-7-20(2)25(14-19)30-18-29(21-8-9-21)24-11-10-22(15-23(24)26(30)31)33-17-27(3,32)16-28-12-4-5-13-28/h1,6-7,10-11,14-15,21,32H,4-5,8-9,12-13,16-18H2,2-3H3. The van der Waals surface area contributed by atoms with Crippen LogP contribution in [0.1, 0.15) is 54.1 Å². The first-order valence-electron chi connectivity index (χ1n) is 12.0. The fourth-order valence-corrected chi connectivity index (χ4v) is 4.97. The third kappa shape index (κ3) is 4.73. The Bertz CT molecular complexity index is 1040. The number of fused-ring (bicyclic) bond motifs is 1. The molecular weight excluding hydrogens is 414 g/mol. The molecule has 1 unspecified atom stereocenters. The molecule has 33 heavy (non-hydrogen) atoms. The second kappa shape index (κ2) is 8.65. The van der Waals surface area contributed by atoms with Crippen LogP contribution in [-0.4, -0.2) is 60.5 Å². The lowest BCUT2D eigenvalue weighted by molar-refractivity contribution is -0.0127. The van der Waals surface area contributed by atoms with Crippen molar-refractivity contribution in [2.75, 3.05) is 42.7 Å². The number of benzene rings is 2. The van der Waals surface area contributed by atoms with Gasteiger partial charge in [-0.15, -0.1) is 0 Å². The van der Waals surface area contributed by atoms with E-state index in [2.05, 4.69) is 9.80 Å². The van der Waals surface area contributed by atoms with Crippen molar-refractivity contribution in [2.24, 2.45) is 0 Å². The van der Waals surface area contributed by atoms with Gasteiger partial charge in [0.2, 0.25) is 0 Å². The SMILES string of the molecule is [CH]c1ccc(C)c(N2CN(C3CC3)c3ccc(OCC(C)(O)CN4CCCC4)cc3C2=O)c1. The first kappa shape index (κ1) is 22.2. The lowest BCUT2D eigenvalue weighted by atomic mass is 10.0. The second-order valence-corrected chi connectivity index (χ2v) is 10.1. The quantitative estimate of drug-likeness (QED) is 0.698. The van der Waals surface area contributed by atoms with E-state index in [1.54, 1.807) is 0 Å². The highest BCUT2D eigenvalue weighted by Gasteiger charge is 2.38. The summed E-state index contributed by atoms with van der Waals surface area (Å²) in [5.41, 5.74) is 3.14. The van der Waals surface area contributed by atoms with E-state index in [-0.39, 0.29) is 12.5 Å². The molecule has 2 fully saturated rings. The first-order valence-corrected chi connectivity index (χ1v) is 12.0. The van der Waals surface area contributed by atoms with Gasteiger partial charge in [-0.05, 0) is 94.9 Å². The second-order valence-electron chi connectivity index (χ2n) is 10.1. The van der Waals surface area contributed by atoms with E-state index in [1.165, 1.54) is 12.8 Å². The summed E-state index contributed by atoms with van der Waals surface area (Å²) in [5, 5.41) is 10.8. The van der Waals surface area contributed by atoms with Crippen LogP contribution in [0.3, 0.4) is 0 Å². The van der Waals surface area contributed by atoms with Crippen LogP contribution in [0.2, 0.25) is 0 Å². The minimum atomic E-state index is -0.949. The van der Waals surface area contributed by atoms with Gasteiger partial charge < -0.3 is 19.6 Å². The fourth-order valence-electron chi connectivity index (χ4n) is 4.97. The van der Waals surface area contributed by atoms with Crippen LogP contribution in [-0.2, 0) is 0 Å². The zero-order chi connectivity index (χ0) is 23.2. The highest BCUT2D eigenvalue weighted by molar-refractivity contribution is 6.12. The molecule has 6 nitrogen and oxygen atoms in total. The Morgan fingerprint density at radius 3 is 2.61 bits per heavy atom. The molecule has 6 heteroatoms. The van der Waals surface area contributed by atoms with Crippen LogP contribution in [0, 0.1) is 13.8 Å². The summed E-state index contributed by atoms with van der Waals surface area (Å²) in [5.74, 6) is 0.551. The zero-order valence-electron chi connectivity index (χ0n) is 19.6. The third-order valence-electron chi connectivity index (χ3n) is 6.87. The van der Waals surface area contributed by atoms with Crippen LogP contribution in [0.15, 0.2) is 36.4 Å². The maximum atomic E-state index is 13.6. The molecule has 0 spiro atoms. The van der Waals surface area contributed by atoms with Crippen molar-refractivity contribution in [2.45, 2.75) is 51.2 Å². The molecule has 1 N–H and O–H groups in total. The maximum absolute atomic E-state index is 13.6. The van der Waals surface area contributed by atoms with Crippen LogP contribution >= 0.6 is 0 Å². The molecule has 3 aliphatic rings. The van der Waals surface area contributed by atoms with Gasteiger partial charge in [0.05, 0.1) is 17.9 Å². The summed E-state index contributed by atoms with van der Waals surface area (Å²) in [4.78, 5) is 20.0. The number of carbonyl (C=O) groups excluding carboxylic acids is 1. The van der Waals surface area contributed by atoms with Gasteiger partial charge in [0.1, 0.15) is 18.0 Å². The van der Waals surface area contributed by atoms with Crippen LogP contribution in [0.5, 0.6) is 5.75 Å². The molecule has 2 aromatic carbocycles. The Labute approximate surface area is 196 Å². The molecule has 2 aromatic rings. The van der Waals surface area contributed by atoms with E-state index in [0.29, 0.717) is 36.1 Å². The van der Waals surface area contributed by atoms with Crippen molar-refractivity contribution < 1.29 is 14.6 Å². The maximum Gasteiger partial charge on any atom is 0.262 e. The topological polar surface area (TPSA) is 56.2 Å². The highest BCUT2D eigenvalue weighted by Crippen LogP contribution is 2.40. The molecule has 1 amide bonds.